The number of carbonyl (C=O) groups is 2. The lowest BCUT2D eigenvalue weighted by molar-refractivity contribution is -0.122. The van der Waals surface area contributed by atoms with Gasteiger partial charge in [-0.1, -0.05) is 18.2 Å². The fourth-order valence-corrected chi connectivity index (χ4v) is 1.96. The van der Waals surface area contributed by atoms with E-state index in [-0.39, 0.29) is 24.4 Å². The highest BCUT2D eigenvalue weighted by molar-refractivity contribution is 5.97. The van der Waals surface area contributed by atoms with E-state index in [2.05, 4.69) is 5.32 Å². The van der Waals surface area contributed by atoms with Gasteiger partial charge in [0.15, 0.2) is 0 Å². The van der Waals surface area contributed by atoms with Crippen molar-refractivity contribution in [3.63, 3.8) is 0 Å². The van der Waals surface area contributed by atoms with E-state index in [9.17, 15) is 9.59 Å². The summed E-state index contributed by atoms with van der Waals surface area (Å²) in [5.41, 5.74) is 7.07. The maximum atomic E-state index is 12.4. The minimum atomic E-state index is -0.160. The van der Waals surface area contributed by atoms with Gasteiger partial charge in [-0.2, -0.15) is 0 Å². The van der Waals surface area contributed by atoms with Gasteiger partial charge in [0.2, 0.25) is 5.91 Å². The van der Waals surface area contributed by atoms with Gasteiger partial charge in [-0.05, 0) is 38.4 Å². The molecule has 0 aromatic heterocycles. The van der Waals surface area contributed by atoms with Gasteiger partial charge in [-0.25, -0.2) is 0 Å². The summed E-state index contributed by atoms with van der Waals surface area (Å²) >= 11 is 0. The summed E-state index contributed by atoms with van der Waals surface area (Å²) in [7, 11) is 1.63. The van der Waals surface area contributed by atoms with Crippen molar-refractivity contribution in [1.29, 1.82) is 0 Å². The van der Waals surface area contributed by atoms with Crippen LogP contribution in [0.15, 0.2) is 24.3 Å². The quantitative estimate of drug-likeness (QED) is 0.807. The van der Waals surface area contributed by atoms with E-state index in [1.54, 1.807) is 13.1 Å². The monoisotopic (exact) mass is 277 g/mol. The zero-order valence-corrected chi connectivity index (χ0v) is 12.3. The predicted molar refractivity (Wildman–Crippen MR) is 79.4 cm³/mol. The van der Waals surface area contributed by atoms with Crippen LogP contribution in [0.2, 0.25) is 0 Å². The number of hydrogen-bond donors (Lipinski definition) is 2. The smallest absolute Gasteiger partial charge is 0.254 e. The molecular weight excluding hydrogens is 254 g/mol. The minimum absolute atomic E-state index is 0.0496. The molecule has 2 amide bonds. The maximum absolute atomic E-state index is 12.4. The molecule has 0 atom stereocenters. The summed E-state index contributed by atoms with van der Waals surface area (Å²) < 4.78 is 0. The van der Waals surface area contributed by atoms with Crippen molar-refractivity contribution in [2.75, 3.05) is 20.1 Å². The Hall–Kier alpha value is -1.88. The fourth-order valence-electron chi connectivity index (χ4n) is 1.96. The molecule has 0 spiro atoms. The van der Waals surface area contributed by atoms with E-state index in [1.165, 1.54) is 4.90 Å². The molecule has 0 aliphatic carbocycles. The van der Waals surface area contributed by atoms with Crippen LogP contribution in [0, 0.1) is 0 Å². The van der Waals surface area contributed by atoms with Gasteiger partial charge >= 0.3 is 0 Å². The second-order valence-electron chi connectivity index (χ2n) is 5.08. The van der Waals surface area contributed by atoms with Crippen molar-refractivity contribution in [2.24, 2.45) is 5.73 Å². The van der Waals surface area contributed by atoms with Crippen LogP contribution in [0.1, 0.15) is 29.8 Å². The molecule has 0 fully saturated rings. The van der Waals surface area contributed by atoms with Crippen LogP contribution in [0.5, 0.6) is 0 Å². The van der Waals surface area contributed by atoms with E-state index < -0.39 is 0 Å². The number of likely N-dealkylation sites (N-methyl/N-ethyl adjacent to an activating group) is 1. The van der Waals surface area contributed by atoms with Gasteiger partial charge in [-0.3, -0.25) is 9.59 Å². The first-order valence-electron chi connectivity index (χ1n) is 6.78. The largest absolute Gasteiger partial charge is 0.352 e. The third-order valence-corrected chi connectivity index (χ3v) is 2.84. The van der Waals surface area contributed by atoms with Gasteiger partial charge in [-0.15, -0.1) is 0 Å². The van der Waals surface area contributed by atoms with E-state index in [0.29, 0.717) is 18.5 Å². The van der Waals surface area contributed by atoms with Crippen molar-refractivity contribution in [2.45, 2.75) is 26.3 Å². The maximum Gasteiger partial charge on any atom is 0.254 e. The Labute approximate surface area is 120 Å². The second-order valence-corrected chi connectivity index (χ2v) is 5.08. The fraction of sp³-hybridized carbons (Fsp3) is 0.467. The first-order valence-corrected chi connectivity index (χ1v) is 6.78. The zero-order chi connectivity index (χ0) is 15.1. The molecule has 1 rings (SSSR count). The van der Waals surface area contributed by atoms with E-state index in [1.807, 2.05) is 32.0 Å². The SMILES string of the molecule is CC(C)NC(=O)CN(C)C(=O)c1ccccc1CCN. The van der Waals surface area contributed by atoms with E-state index >= 15 is 0 Å². The molecule has 20 heavy (non-hydrogen) atoms. The lowest BCUT2D eigenvalue weighted by Gasteiger charge is -2.19. The van der Waals surface area contributed by atoms with Gasteiger partial charge < -0.3 is 16.0 Å². The number of nitrogens with one attached hydrogen (secondary N) is 1. The number of rotatable bonds is 6. The lowest BCUT2D eigenvalue weighted by atomic mass is 10.0. The highest BCUT2D eigenvalue weighted by Crippen LogP contribution is 2.11. The molecule has 0 saturated heterocycles. The Morgan fingerprint density at radius 1 is 1.30 bits per heavy atom. The van der Waals surface area contributed by atoms with Crippen LogP contribution < -0.4 is 11.1 Å². The first kappa shape index (κ1) is 16.2. The number of nitrogens with zero attached hydrogens (tertiary/aromatic N) is 1. The molecule has 5 nitrogen and oxygen atoms in total. The zero-order valence-electron chi connectivity index (χ0n) is 12.3. The number of hydrogen-bond acceptors (Lipinski definition) is 3. The molecule has 1 aromatic carbocycles. The van der Waals surface area contributed by atoms with Crippen LogP contribution in [0.25, 0.3) is 0 Å². The third kappa shape index (κ3) is 4.66. The Balaban J connectivity index is 2.76. The van der Waals surface area contributed by atoms with Crippen LogP contribution in [0.3, 0.4) is 0 Å². The standard InChI is InChI=1S/C15H23N3O2/c1-11(2)17-14(19)10-18(3)15(20)13-7-5-4-6-12(13)8-9-16/h4-7,11H,8-10,16H2,1-3H3,(H,17,19). The summed E-state index contributed by atoms with van der Waals surface area (Å²) in [5.74, 6) is -0.319. The molecule has 3 N–H and O–H groups in total. The molecule has 0 aliphatic rings. The number of carbonyl (C=O) groups excluding carboxylic acids is 2. The molecule has 5 heteroatoms. The van der Waals surface area contributed by atoms with Crippen LogP contribution >= 0.6 is 0 Å². The molecule has 0 bridgehead atoms. The van der Waals surface area contributed by atoms with Crippen molar-refractivity contribution in [3.05, 3.63) is 35.4 Å². The molecule has 0 unspecified atom stereocenters. The topological polar surface area (TPSA) is 75.4 Å². The number of amides is 2. The normalized spacial score (nSPS) is 10.4. The molecular formula is C15H23N3O2. The molecule has 0 heterocycles. The van der Waals surface area contributed by atoms with Crippen molar-refractivity contribution in [3.8, 4) is 0 Å². The Morgan fingerprint density at radius 2 is 1.95 bits per heavy atom. The Bertz CT molecular complexity index is 472. The van der Waals surface area contributed by atoms with Gasteiger partial charge in [0.05, 0.1) is 6.54 Å². The Morgan fingerprint density at radius 3 is 2.55 bits per heavy atom. The average molecular weight is 277 g/mol. The summed E-state index contributed by atoms with van der Waals surface area (Å²) in [5, 5.41) is 2.77. The van der Waals surface area contributed by atoms with Crippen LogP contribution in [-0.4, -0.2) is 42.9 Å². The number of benzene rings is 1. The predicted octanol–water partition coefficient (Wildman–Crippen LogP) is 0.784. The van der Waals surface area contributed by atoms with E-state index in [4.69, 9.17) is 5.73 Å². The van der Waals surface area contributed by atoms with Gasteiger partial charge in [0.25, 0.3) is 5.91 Å². The molecule has 0 saturated carbocycles. The Kier molecular flexibility index (Phi) is 6.18. The molecule has 110 valence electrons. The van der Waals surface area contributed by atoms with Gasteiger partial charge in [0.1, 0.15) is 0 Å². The molecule has 0 radical (unpaired) electrons. The minimum Gasteiger partial charge on any atom is -0.352 e. The summed E-state index contributed by atoms with van der Waals surface area (Å²) in [4.78, 5) is 25.5. The number of nitrogens with two attached hydrogens (primary N) is 1. The van der Waals surface area contributed by atoms with Crippen molar-refractivity contribution < 1.29 is 9.59 Å². The van der Waals surface area contributed by atoms with Crippen molar-refractivity contribution >= 4 is 11.8 Å². The second kappa shape index (κ2) is 7.65. The molecule has 1 aromatic rings. The average Bonchev–Trinajstić information content (AvgIpc) is 2.37. The van der Waals surface area contributed by atoms with Crippen LogP contribution in [-0.2, 0) is 11.2 Å². The lowest BCUT2D eigenvalue weighted by Crippen LogP contribution is -2.41. The highest BCUT2D eigenvalue weighted by Gasteiger charge is 2.17. The van der Waals surface area contributed by atoms with E-state index in [0.717, 1.165) is 5.56 Å². The van der Waals surface area contributed by atoms with Gasteiger partial charge in [0, 0.05) is 18.7 Å². The highest BCUT2D eigenvalue weighted by atomic mass is 16.2. The first-order chi connectivity index (χ1) is 9.45. The third-order valence-electron chi connectivity index (χ3n) is 2.84. The summed E-state index contributed by atoms with van der Waals surface area (Å²) in [6.45, 7) is 4.31. The summed E-state index contributed by atoms with van der Waals surface area (Å²) in [6, 6.07) is 7.42. The summed E-state index contributed by atoms with van der Waals surface area (Å²) in [6.07, 6.45) is 0.647. The molecule has 0 aliphatic heterocycles. The van der Waals surface area contributed by atoms with Crippen molar-refractivity contribution in [1.82, 2.24) is 10.2 Å². The van der Waals surface area contributed by atoms with Crippen LogP contribution in [0.4, 0.5) is 0 Å².